The van der Waals surface area contributed by atoms with Crippen LogP contribution in [0.1, 0.15) is 6.42 Å². The van der Waals surface area contributed by atoms with E-state index in [1.807, 2.05) is 0 Å². The molecule has 1 unspecified atom stereocenters. The summed E-state index contributed by atoms with van der Waals surface area (Å²) in [6, 6.07) is 3.78. The molecule has 8 heteroatoms. The summed E-state index contributed by atoms with van der Waals surface area (Å²) < 4.78 is 9.94. The van der Waals surface area contributed by atoms with E-state index in [4.69, 9.17) is 26.2 Å². The Bertz CT molecular complexity index is 524. The van der Waals surface area contributed by atoms with E-state index < -0.39 is 17.9 Å². The highest BCUT2D eigenvalue weighted by Crippen LogP contribution is 2.27. The molecule has 0 aliphatic rings. The van der Waals surface area contributed by atoms with Crippen molar-refractivity contribution in [1.29, 1.82) is 0 Å². The predicted octanol–water partition coefficient (Wildman–Crippen LogP) is 1.37. The molecule has 0 fully saturated rings. The molecule has 0 aromatic heterocycles. The second-order valence-corrected chi connectivity index (χ2v) is 4.87. The van der Waals surface area contributed by atoms with Gasteiger partial charge in [0.1, 0.15) is 11.8 Å². The van der Waals surface area contributed by atoms with Crippen molar-refractivity contribution in [1.82, 2.24) is 5.32 Å². The zero-order valence-electron chi connectivity index (χ0n) is 12.4. The molecule has 0 saturated carbocycles. The van der Waals surface area contributed by atoms with Gasteiger partial charge in [-0.05, 0) is 18.2 Å². The first-order chi connectivity index (χ1) is 10.5. The van der Waals surface area contributed by atoms with Crippen LogP contribution in [0.5, 0.6) is 5.75 Å². The first kappa shape index (κ1) is 18.2. The van der Waals surface area contributed by atoms with Crippen molar-refractivity contribution in [3.63, 3.8) is 0 Å². The van der Waals surface area contributed by atoms with Crippen LogP contribution in [0.4, 0.5) is 5.69 Å². The van der Waals surface area contributed by atoms with E-state index in [2.05, 4.69) is 10.6 Å². The molecular weight excluding hydrogens is 312 g/mol. The average molecular weight is 331 g/mol. The number of benzene rings is 1. The van der Waals surface area contributed by atoms with Crippen LogP contribution in [0, 0.1) is 0 Å². The summed E-state index contributed by atoms with van der Waals surface area (Å²) in [5.74, 6) is -1.13. The highest BCUT2D eigenvalue weighted by Gasteiger charge is 2.21. The van der Waals surface area contributed by atoms with Crippen molar-refractivity contribution >= 4 is 29.2 Å². The lowest BCUT2D eigenvalue weighted by atomic mass is 10.2. The fourth-order valence-corrected chi connectivity index (χ4v) is 1.92. The standard InChI is InChI=1S/C14H19ClN2O5/c1-21-6-5-16-11(14(19)20)8-13(18)17-10-7-9(15)3-4-12(10)22-2/h3-4,7,11,16H,5-6,8H2,1-2H3,(H,17,18)(H,19,20). The van der Waals surface area contributed by atoms with Gasteiger partial charge in [-0.3, -0.25) is 9.59 Å². The topological polar surface area (TPSA) is 96.9 Å². The van der Waals surface area contributed by atoms with Gasteiger partial charge < -0.3 is 25.2 Å². The van der Waals surface area contributed by atoms with Gasteiger partial charge in [0.15, 0.2) is 0 Å². The van der Waals surface area contributed by atoms with Gasteiger partial charge >= 0.3 is 5.97 Å². The smallest absolute Gasteiger partial charge is 0.321 e. The van der Waals surface area contributed by atoms with Crippen molar-refractivity contribution < 1.29 is 24.2 Å². The van der Waals surface area contributed by atoms with Gasteiger partial charge in [-0.15, -0.1) is 0 Å². The summed E-state index contributed by atoms with van der Waals surface area (Å²) in [7, 11) is 2.97. The summed E-state index contributed by atoms with van der Waals surface area (Å²) in [4.78, 5) is 23.1. The highest BCUT2D eigenvalue weighted by molar-refractivity contribution is 6.31. The molecule has 1 aromatic rings. The number of aliphatic carboxylic acids is 1. The van der Waals surface area contributed by atoms with Gasteiger partial charge in [-0.2, -0.15) is 0 Å². The predicted molar refractivity (Wildman–Crippen MR) is 82.6 cm³/mol. The summed E-state index contributed by atoms with van der Waals surface area (Å²) in [6.07, 6.45) is -0.227. The number of ether oxygens (including phenoxy) is 2. The molecule has 0 aliphatic heterocycles. The van der Waals surface area contributed by atoms with Gasteiger partial charge in [0.05, 0.1) is 25.8 Å². The van der Waals surface area contributed by atoms with E-state index in [1.165, 1.54) is 20.3 Å². The molecule has 0 spiro atoms. The summed E-state index contributed by atoms with van der Waals surface area (Å²) in [6.45, 7) is 0.689. The number of hydrogen-bond donors (Lipinski definition) is 3. The molecule has 122 valence electrons. The van der Waals surface area contributed by atoms with Crippen molar-refractivity contribution in [3.8, 4) is 5.75 Å². The highest BCUT2D eigenvalue weighted by atomic mass is 35.5. The number of anilines is 1. The fraction of sp³-hybridized carbons (Fsp3) is 0.429. The Morgan fingerprint density at radius 3 is 2.68 bits per heavy atom. The van der Waals surface area contributed by atoms with E-state index >= 15 is 0 Å². The van der Waals surface area contributed by atoms with Crippen LogP contribution in [0.25, 0.3) is 0 Å². The minimum absolute atomic E-state index is 0.227. The third kappa shape index (κ3) is 5.88. The Balaban J connectivity index is 2.67. The lowest BCUT2D eigenvalue weighted by Gasteiger charge is -2.15. The molecule has 3 N–H and O–H groups in total. The minimum Gasteiger partial charge on any atom is -0.495 e. The summed E-state index contributed by atoms with van der Waals surface area (Å²) in [5.41, 5.74) is 0.390. The maximum Gasteiger partial charge on any atom is 0.321 e. The zero-order chi connectivity index (χ0) is 16.5. The molecule has 1 rings (SSSR count). The number of methoxy groups -OCH3 is 2. The Morgan fingerprint density at radius 2 is 2.09 bits per heavy atom. The molecule has 7 nitrogen and oxygen atoms in total. The Morgan fingerprint density at radius 1 is 1.36 bits per heavy atom. The molecule has 0 saturated heterocycles. The minimum atomic E-state index is -1.11. The normalized spacial score (nSPS) is 11.8. The number of carbonyl (C=O) groups excluding carboxylic acids is 1. The average Bonchev–Trinajstić information content (AvgIpc) is 2.46. The molecule has 1 aromatic carbocycles. The van der Waals surface area contributed by atoms with Crippen LogP contribution in [-0.4, -0.2) is 50.4 Å². The van der Waals surface area contributed by atoms with Gasteiger partial charge in [0.2, 0.25) is 5.91 Å². The first-order valence-electron chi connectivity index (χ1n) is 6.56. The summed E-state index contributed by atoms with van der Waals surface area (Å²) >= 11 is 5.87. The number of nitrogens with one attached hydrogen (secondary N) is 2. The van der Waals surface area contributed by atoms with Gasteiger partial charge in [-0.1, -0.05) is 11.6 Å². The van der Waals surface area contributed by atoms with Crippen LogP contribution in [-0.2, 0) is 14.3 Å². The quantitative estimate of drug-likeness (QED) is 0.592. The molecule has 1 atom stereocenters. The number of carboxylic acid groups (broad SMARTS) is 1. The van der Waals surface area contributed by atoms with Crippen LogP contribution in [0.15, 0.2) is 18.2 Å². The Kier molecular flexibility index (Phi) is 7.65. The molecule has 0 radical (unpaired) electrons. The molecule has 0 heterocycles. The van der Waals surface area contributed by atoms with Crippen LogP contribution in [0.3, 0.4) is 0 Å². The largest absolute Gasteiger partial charge is 0.495 e. The van der Waals surface area contributed by atoms with Crippen LogP contribution in [0.2, 0.25) is 5.02 Å². The third-order valence-electron chi connectivity index (χ3n) is 2.82. The lowest BCUT2D eigenvalue weighted by Crippen LogP contribution is -2.41. The van der Waals surface area contributed by atoms with Crippen molar-refractivity contribution in [3.05, 3.63) is 23.2 Å². The molecule has 1 amide bonds. The molecule has 0 bridgehead atoms. The second kappa shape index (κ2) is 9.24. The van der Waals surface area contributed by atoms with E-state index in [0.717, 1.165) is 0 Å². The van der Waals surface area contributed by atoms with Gasteiger partial charge in [0.25, 0.3) is 0 Å². The number of halogens is 1. The number of amides is 1. The van der Waals surface area contributed by atoms with E-state index in [9.17, 15) is 9.59 Å². The Hall–Kier alpha value is -1.83. The van der Waals surface area contributed by atoms with Crippen molar-refractivity contribution in [2.45, 2.75) is 12.5 Å². The number of rotatable bonds is 9. The van der Waals surface area contributed by atoms with Gasteiger partial charge in [-0.25, -0.2) is 0 Å². The summed E-state index contributed by atoms with van der Waals surface area (Å²) in [5, 5.41) is 14.9. The lowest BCUT2D eigenvalue weighted by molar-refractivity contribution is -0.141. The van der Waals surface area contributed by atoms with Gasteiger partial charge in [0, 0.05) is 18.7 Å². The maximum atomic E-state index is 12.0. The van der Waals surface area contributed by atoms with Crippen molar-refractivity contribution in [2.75, 3.05) is 32.7 Å². The van der Waals surface area contributed by atoms with Crippen LogP contribution >= 0.6 is 11.6 Å². The second-order valence-electron chi connectivity index (χ2n) is 4.43. The van der Waals surface area contributed by atoms with E-state index in [-0.39, 0.29) is 6.42 Å². The SMILES string of the molecule is COCCNC(CC(=O)Nc1cc(Cl)ccc1OC)C(=O)O. The number of carboxylic acids is 1. The number of carbonyl (C=O) groups is 2. The van der Waals surface area contributed by atoms with Crippen molar-refractivity contribution in [2.24, 2.45) is 0 Å². The molecule has 22 heavy (non-hydrogen) atoms. The zero-order valence-corrected chi connectivity index (χ0v) is 13.1. The monoisotopic (exact) mass is 330 g/mol. The Labute approximate surface area is 133 Å². The van der Waals surface area contributed by atoms with E-state index in [1.54, 1.807) is 12.1 Å². The fourth-order valence-electron chi connectivity index (χ4n) is 1.75. The maximum absolute atomic E-state index is 12.0. The molecule has 0 aliphatic carbocycles. The first-order valence-corrected chi connectivity index (χ1v) is 6.94. The third-order valence-corrected chi connectivity index (χ3v) is 3.06. The van der Waals surface area contributed by atoms with E-state index in [0.29, 0.717) is 29.6 Å². The molecular formula is C14H19ClN2O5. The van der Waals surface area contributed by atoms with Crippen LogP contribution < -0.4 is 15.4 Å². The number of hydrogen-bond acceptors (Lipinski definition) is 5.